The standard InChI is InChI=1S/C31H34O13/c1-13(2)5-4-7-31(3)8-6-15-18(44-31)11-17(34)23(24(15)35)21-12-16(33)22-19(41-21)9-14(32)10-20(22)42-30-27(38)25(36)26(37)28(43-30)29(39)40/h5-6,8-11,21,25-28,30,32,34-38H,4,7,12H2,1-3H3,(H,39,40). The van der Waals surface area contributed by atoms with E-state index in [-0.39, 0.29) is 45.4 Å². The molecule has 0 aliphatic carbocycles. The summed E-state index contributed by atoms with van der Waals surface area (Å²) in [5.74, 6) is -3.73. The predicted molar refractivity (Wildman–Crippen MR) is 152 cm³/mol. The molecule has 7 atom stereocenters. The van der Waals surface area contributed by atoms with Gasteiger partial charge in [-0.3, -0.25) is 4.79 Å². The molecule has 1 saturated heterocycles. The number of hydrogen-bond donors (Lipinski definition) is 7. The average molecular weight is 615 g/mol. The zero-order valence-electron chi connectivity index (χ0n) is 24.1. The lowest BCUT2D eigenvalue weighted by molar-refractivity contribution is -0.271. The van der Waals surface area contributed by atoms with E-state index in [1.807, 2.05) is 26.8 Å². The number of fused-ring (bicyclic) bond motifs is 2. The normalized spacial score (nSPS) is 29.1. The minimum absolute atomic E-state index is 0.0811. The number of aliphatic hydroxyl groups excluding tert-OH is 3. The number of aromatic hydroxyl groups is 3. The number of phenols is 3. The van der Waals surface area contributed by atoms with Crippen LogP contribution in [0.2, 0.25) is 0 Å². The molecule has 0 radical (unpaired) electrons. The molecule has 7 N–H and O–H groups in total. The minimum atomic E-state index is -1.96. The number of carbonyl (C=O) groups excluding carboxylic acids is 1. The first kappa shape index (κ1) is 31.1. The fraction of sp³-hybridized carbons (Fsp3) is 0.419. The molecule has 5 rings (SSSR count). The summed E-state index contributed by atoms with van der Waals surface area (Å²) >= 11 is 0. The van der Waals surface area contributed by atoms with Crippen molar-refractivity contribution in [2.75, 3.05) is 0 Å². The summed E-state index contributed by atoms with van der Waals surface area (Å²) in [7, 11) is 0. The van der Waals surface area contributed by atoms with Crippen molar-refractivity contribution in [2.24, 2.45) is 0 Å². The molecule has 3 aliphatic heterocycles. The van der Waals surface area contributed by atoms with E-state index in [4.69, 9.17) is 18.9 Å². The van der Waals surface area contributed by atoms with Gasteiger partial charge in [0, 0.05) is 18.2 Å². The van der Waals surface area contributed by atoms with Crippen LogP contribution >= 0.6 is 0 Å². The number of rotatable bonds is 7. The number of carboxylic acids is 1. The lowest BCUT2D eigenvalue weighted by atomic mass is 9.90. The average Bonchev–Trinajstić information content (AvgIpc) is 2.92. The zero-order valence-corrected chi connectivity index (χ0v) is 24.1. The lowest BCUT2D eigenvalue weighted by Crippen LogP contribution is -2.61. The highest BCUT2D eigenvalue weighted by Gasteiger charge is 2.48. The minimum Gasteiger partial charge on any atom is -0.508 e. The third-order valence-corrected chi connectivity index (χ3v) is 7.81. The molecule has 2 aromatic carbocycles. The Bertz CT molecular complexity index is 1540. The molecule has 0 bridgehead atoms. The molecule has 0 aromatic heterocycles. The summed E-state index contributed by atoms with van der Waals surface area (Å²) in [6.07, 6.45) is -4.23. The van der Waals surface area contributed by atoms with Gasteiger partial charge in [-0.2, -0.15) is 0 Å². The van der Waals surface area contributed by atoms with Gasteiger partial charge in [0.15, 0.2) is 11.9 Å². The fourth-order valence-corrected chi connectivity index (χ4v) is 5.49. The molecule has 7 unspecified atom stereocenters. The number of allylic oxidation sites excluding steroid dienone is 2. The van der Waals surface area contributed by atoms with Crippen LogP contribution in [0, 0.1) is 0 Å². The second-order valence-electron chi connectivity index (χ2n) is 11.5. The van der Waals surface area contributed by atoms with Gasteiger partial charge in [-0.15, -0.1) is 0 Å². The molecule has 3 aliphatic rings. The topological polar surface area (TPSA) is 213 Å². The quantitative estimate of drug-likeness (QED) is 0.224. The molecule has 1 fully saturated rings. The molecular weight excluding hydrogens is 580 g/mol. The van der Waals surface area contributed by atoms with Crippen molar-refractivity contribution in [3.05, 3.63) is 52.6 Å². The number of ketones is 1. The Kier molecular flexibility index (Phi) is 8.25. The number of aliphatic carboxylic acids is 1. The van der Waals surface area contributed by atoms with Crippen molar-refractivity contribution in [3.63, 3.8) is 0 Å². The van der Waals surface area contributed by atoms with Gasteiger partial charge in [-0.1, -0.05) is 11.6 Å². The SMILES string of the molecule is CC(C)=CCCC1(C)C=Cc2c(cc(O)c(C3CC(=O)c4c(cc(O)cc4OC4OC(C(=O)O)C(O)C(O)C4O)O3)c2O)O1. The molecule has 13 nitrogen and oxygen atoms in total. The summed E-state index contributed by atoms with van der Waals surface area (Å²) < 4.78 is 22.8. The number of carboxylic acid groups (broad SMARTS) is 1. The van der Waals surface area contributed by atoms with Crippen molar-refractivity contribution >= 4 is 17.8 Å². The van der Waals surface area contributed by atoms with Crippen molar-refractivity contribution in [1.29, 1.82) is 0 Å². The van der Waals surface area contributed by atoms with Gasteiger partial charge in [0.2, 0.25) is 6.29 Å². The van der Waals surface area contributed by atoms with E-state index in [2.05, 4.69) is 6.08 Å². The van der Waals surface area contributed by atoms with E-state index < -0.39 is 66.3 Å². The zero-order chi connectivity index (χ0) is 32.1. The third kappa shape index (κ3) is 5.78. The molecule has 0 spiro atoms. The summed E-state index contributed by atoms with van der Waals surface area (Å²) in [6, 6.07) is 3.46. The van der Waals surface area contributed by atoms with Crippen LogP contribution in [0.3, 0.4) is 0 Å². The molecule has 44 heavy (non-hydrogen) atoms. The van der Waals surface area contributed by atoms with E-state index in [0.29, 0.717) is 6.42 Å². The fourth-order valence-electron chi connectivity index (χ4n) is 5.49. The number of benzene rings is 2. The van der Waals surface area contributed by atoms with Crippen LogP contribution in [0.1, 0.15) is 67.6 Å². The Morgan fingerprint density at radius 2 is 1.80 bits per heavy atom. The number of phenolic OH excluding ortho intramolecular Hbond substituents is 3. The molecule has 2 aromatic rings. The maximum absolute atomic E-state index is 13.4. The first-order valence-electron chi connectivity index (χ1n) is 14.0. The first-order chi connectivity index (χ1) is 20.7. The summed E-state index contributed by atoms with van der Waals surface area (Å²) in [5.41, 5.74) is 0.501. The van der Waals surface area contributed by atoms with E-state index in [1.165, 1.54) is 11.6 Å². The first-order valence-corrected chi connectivity index (χ1v) is 14.0. The van der Waals surface area contributed by atoms with E-state index in [9.17, 15) is 45.3 Å². The second-order valence-corrected chi connectivity index (χ2v) is 11.5. The number of aliphatic hydroxyl groups is 3. The Morgan fingerprint density at radius 3 is 2.48 bits per heavy atom. The van der Waals surface area contributed by atoms with Crippen LogP contribution < -0.4 is 14.2 Å². The third-order valence-electron chi connectivity index (χ3n) is 7.81. The number of ether oxygens (including phenoxy) is 4. The van der Waals surface area contributed by atoms with E-state index in [0.717, 1.165) is 18.6 Å². The maximum atomic E-state index is 13.4. The molecule has 3 heterocycles. The molecule has 13 heteroatoms. The van der Waals surface area contributed by atoms with Gasteiger partial charge in [-0.25, -0.2) is 4.79 Å². The van der Waals surface area contributed by atoms with E-state index >= 15 is 0 Å². The van der Waals surface area contributed by atoms with Crippen molar-refractivity contribution in [1.82, 2.24) is 0 Å². The monoisotopic (exact) mass is 614 g/mol. The Morgan fingerprint density at radius 1 is 1.07 bits per heavy atom. The van der Waals surface area contributed by atoms with E-state index in [1.54, 1.807) is 6.08 Å². The van der Waals surface area contributed by atoms with Gasteiger partial charge in [0.25, 0.3) is 0 Å². The molecular formula is C31H34O13. The maximum Gasteiger partial charge on any atom is 0.335 e. The number of Topliss-reactive ketones (excluding diaryl/α,β-unsaturated/α-hetero) is 1. The summed E-state index contributed by atoms with van der Waals surface area (Å²) in [4.78, 5) is 24.9. The lowest BCUT2D eigenvalue weighted by Gasteiger charge is -2.39. The van der Waals surface area contributed by atoms with Crippen molar-refractivity contribution in [3.8, 4) is 34.5 Å². The summed E-state index contributed by atoms with van der Waals surface area (Å²) in [5, 5.41) is 72.2. The van der Waals surface area contributed by atoms with Crippen molar-refractivity contribution in [2.45, 2.75) is 82.4 Å². The second kappa shape index (κ2) is 11.7. The predicted octanol–water partition coefficient (Wildman–Crippen LogP) is 2.69. The van der Waals surface area contributed by atoms with Gasteiger partial charge in [0.05, 0.1) is 17.5 Å². The van der Waals surface area contributed by atoms with Crippen LogP contribution in [0.25, 0.3) is 6.08 Å². The van der Waals surface area contributed by atoms with Crippen LogP contribution in [0.4, 0.5) is 0 Å². The smallest absolute Gasteiger partial charge is 0.335 e. The van der Waals surface area contributed by atoms with Gasteiger partial charge in [0.1, 0.15) is 70.1 Å². The highest BCUT2D eigenvalue weighted by molar-refractivity contribution is 6.03. The molecule has 0 saturated carbocycles. The van der Waals surface area contributed by atoms with Crippen LogP contribution in [-0.4, -0.2) is 83.8 Å². The van der Waals surface area contributed by atoms with Gasteiger partial charge >= 0.3 is 5.97 Å². The Labute approximate surface area is 251 Å². The number of carbonyl (C=O) groups is 2. The van der Waals surface area contributed by atoms with Gasteiger partial charge in [-0.05, 0) is 45.8 Å². The Hall–Kier alpha value is -4.30. The van der Waals surface area contributed by atoms with Crippen LogP contribution in [0.5, 0.6) is 34.5 Å². The number of hydrogen-bond acceptors (Lipinski definition) is 12. The molecule has 236 valence electrons. The van der Waals surface area contributed by atoms with Crippen LogP contribution in [-0.2, 0) is 9.53 Å². The van der Waals surface area contributed by atoms with Crippen LogP contribution in [0.15, 0.2) is 35.9 Å². The Balaban J connectivity index is 1.42. The van der Waals surface area contributed by atoms with Gasteiger partial charge < -0.3 is 54.7 Å². The van der Waals surface area contributed by atoms with Crippen molar-refractivity contribution < 1.29 is 64.3 Å². The highest BCUT2D eigenvalue weighted by Crippen LogP contribution is 2.50. The summed E-state index contributed by atoms with van der Waals surface area (Å²) in [6.45, 7) is 5.89. The highest BCUT2D eigenvalue weighted by atomic mass is 16.7. The largest absolute Gasteiger partial charge is 0.508 e. The molecule has 0 amide bonds.